The highest BCUT2D eigenvalue weighted by molar-refractivity contribution is 5.94. The molecule has 0 atom stereocenters. The molecule has 2 amide bonds. The van der Waals surface area contributed by atoms with Gasteiger partial charge in [0.2, 0.25) is 5.91 Å². The van der Waals surface area contributed by atoms with Gasteiger partial charge in [0.05, 0.1) is 0 Å². The summed E-state index contributed by atoms with van der Waals surface area (Å²) in [5, 5.41) is 5.74. The van der Waals surface area contributed by atoms with E-state index < -0.39 is 0 Å². The zero-order valence-electron chi connectivity index (χ0n) is 14.3. The second kappa shape index (κ2) is 12.9. The van der Waals surface area contributed by atoms with Crippen LogP contribution in [0.25, 0.3) is 0 Å². The Morgan fingerprint density at radius 2 is 1.68 bits per heavy atom. The lowest BCUT2D eigenvalue weighted by molar-refractivity contribution is -0.121. The lowest BCUT2D eigenvalue weighted by atomic mass is 10.1. The summed E-state index contributed by atoms with van der Waals surface area (Å²) in [6.07, 6.45) is 2.85. The monoisotopic (exact) mass is 390 g/mol. The fraction of sp³-hybridized carbons (Fsp3) is 0.529. The molecule has 0 spiro atoms. The zero-order chi connectivity index (χ0) is 16.5. The number of hydrogen-bond donors (Lipinski definition) is 3. The molecule has 1 aromatic carbocycles. The van der Waals surface area contributed by atoms with Crippen LogP contribution in [0.2, 0.25) is 0 Å². The lowest BCUT2D eigenvalue weighted by Gasteiger charge is -2.14. The third-order valence-electron chi connectivity index (χ3n) is 3.99. The Labute approximate surface area is 161 Å². The molecule has 0 unspecified atom stereocenters. The molecule has 142 valence electrons. The van der Waals surface area contributed by atoms with Gasteiger partial charge in [0.15, 0.2) is 0 Å². The molecule has 6 nitrogen and oxygen atoms in total. The number of carbonyl (C=O) groups excluding carboxylic acids is 2. The molecule has 0 bridgehead atoms. The number of hydrogen-bond acceptors (Lipinski definition) is 4. The Kier molecular flexibility index (Phi) is 12.2. The minimum Gasteiger partial charge on any atom is -0.352 e. The molecule has 0 aliphatic carbocycles. The van der Waals surface area contributed by atoms with E-state index >= 15 is 0 Å². The van der Waals surface area contributed by atoms with E-state index in [9.17, 15) is 9.59 Å². The van der Waals surface area contributed by atoms with Gasteiger partial charge in [0.1, 0.15) is 0 Å². The summed E-state index contributed by atoms with van der Waals surface area (Å²) in [6.45, 7) is 4.67. The van der Waals surface area contributed by atoms with Crippen molar-refractivity contribution in [3.05, 3.63) is 35.4 Å². The Bertz CT molecular complexity index is 520. The number of amides is 2. The first-order chi connectivity index (χ1) is 11.2. The maximum absolute atomic E-state index is 12.1. The molecular weight excluding hydrogens is 363 g/mol. The van der Waals surface area contributed by atoms with Crippen LogP contribution in [0.15, 0.2) is 24.3 Å². The second-order valence-electron chi connectivity index (χ2n) is 5.82. The highest BCUT2D eigenvalue weighted by Gasteiger charge is 2.11. The maximum atomic E-state index is 12.1. The molecule has 0 radical (unpaired) electrons. The van der Waals surface area contributed by atoms with Crippen molar-refractivity contribution >= 4 is 36.6 Å². The number of benzene rings is 1. The van der Waals surface area contributed by atoms with Gasteiger partial charge in [-0.3, -0.25) is 9.59 Å². The number of rotatable bonds is 8. The van der Waals surface area contributed by atoms with Gasteiger partial charge in [-0.25, -0.2) is 0 Å². The van der Waals surface area contributed by atoms with E-state index in [1.54, 1.807) is 12.1 Å². The molecule has 1 aliphatic rings. The molecule has 0 saturated carbocycles. The Balaban J connectivity index is 0.00000288. The maximum Gasteiger partial charge on any atom is 0.251 e. The van der Waals surface area contributed by atoms with Crippen LogP contribution in [0, 0.1) is 0 Å². The van der Waals surface area contributed by atoms with Crippen molar-refractivity contribution in [1.82, 2.24) is 15.5 Å². The number of nitrogens with one attached hydrogen (secondary N) is 2. The zero-order valence-corrected chi connectivity index (χ0v) is 16.0. The molecule has 1 heterocycles. The van der Waals surface area contributed by atoms with Crippen molar-refractivity contribution in [3.8, 4) is 0 Å². The molecule has 2 rings (SSSR count). The first-order valence-electron chi connectivity index (χ1n) is 8.25. The van der Waals surface area contributed by atoms with Crippen LogP contribution in [0.4, 0.5) is 0 Å². The molecule has 1 fully saturated rings. The molecule has 4 N–H and O–H groups in total. The smallest absolute Gasteiger partial charge is 0.251 e. The fourth-order valence-electron chi connectivity index (χ4n) is 2.63. The van der Waals surface area contributed by atoms with E-state index in [4.69, 9.17) is 5.73 Å². The summed E-state index contributed by atoms with van der Waals surface area (Å²) in [4.78, 5) is 25.8. The van der Waals surface area contributed by atoms with Gasteiger partial charge >= 0.3 is 0 Å². The quantitative estimate of drug-likeness (QED) is 0.624. The van der Waals surface area contributed by atoms with E-state index in [-0.39, 0.29) is 36.6 Å². The lowest BCUT2D eigenvalue weighted by Crippen LogP contribution is -2.33. The molecule has 0 aromatic heterocycles. The highest BCUT2D eigenvalue weighted by atomic mass is 35.5. The van der Waals surface area contributed by atoms with Gasteiger partial charge in [-0.2, -0.15) is 0 Å². The number of nitrogens with zero attached hydrogens (tertiary/aromatic N) is 1. The number of carbonyl (C=O) groups is 2. The minimum absolute atomic E-state index is 0. The van der Waals surface area contributed by atoms with E-state index in [1.807, 2.05) is 12.1 Å². The van der Waals surface area contributed by atoms with Crippen molar-refractivity contribution in [2.45, 2.75) is 25.8 Å². The number of nitrogens with two attached hydrogens (primary N) is 1. The largest absolute Gasteiger partial charge is 0.352 e. The van der Waals surface area contributed by atoms with Gasteiger partial charge in [-0.1, -0.05) is 12.1 Å². The Morgan fingerprint density at radius 1 is 1.04 bits per heavy atom. The number of halogens is 2. The summed E-state index contributed by atoms with van der Waals surface area (Å²) in [5.74, 6) is -0.112. The molecule has 1 aliphatic heterocycles. The predicted octanol–water partition coefficient (Wildman–Crippen LogP) is 1.32. The molecule has 25 heavy (non-hydrogen) atoms. The van der Waals surface area contributed by atoms with Crippen molar-refractivity contribution < 1.29 is 9.59 Å². The first-order valence-corrected chi connectivity index (χ1v) is 8.25. The summed E-state index contributed by atoms with van der Waals surface area (Å²) in [5.41, 5.74) is 6.93. The van der Waals surface area contributed by atoms with Crippen LogP contribution in [0.3, 0.4) is 0 Å². The number of likely N-dealkylation sites (tertiary alicyclic amines) is 1. The second-order valence-corrected chi connectivity index (χ2v) is 5.82. The van der Waals surface area contributed by atoms with E-state index in [2.05, 4.69) is 15.5 Å². The first kappa shape index (κ1) is 23.7. The third-order valence-corrected chi connectivity index (χ3v) is 3.99. The third kappa shape index (κ3) is 8.54. The van der Waals surface area contributed by atoms with Crippen LogP contribution in [-0.4, -0.2) is 49.4 Å². The van der Waals surface area contributed by atoms with Crippen LogP contribution in [-0.2, 0) is 11.3 Å². The van der Waals surface area contributed by atoms with Crippen LogP contribution in [0.1, 0.15) is 35.2 Å². The summed E-state index contributed by atoms with van der Waals surface area (Å²) >= 11 is 0. The fourth-order valence-corrected chi connectivity index (χ4v) is 2.63. The molecule has 1 aromatic rings. The molecular formula is C17H28Cl2N4O2. The van der Waals surface area contributed by atoms with Crippen LogP contribution in [0.5, 0.6) is 0 Å². The SMILES string of the molecule is Cl.Cl.NCCC(=O)NCc1ccc(C(=O)NCCN2CCCC2)cc1. The van der Waals surface area contributed by atoms with Crippen molar-refractivity contribution in [3.63, 3.8) is 0 Å². The van der Waals surface area contributed by atoms with Gasteiger partial charge in [0.25, 0.3) is 5.91 Å². The molecule has 1 saturated heterocycles. The Hall–Kier alpha value is -1.34. The topological polar surface area (TPSA) is 87.5 Å². The van der Waals surface area contributed by atoms with Gasteiger partial charge in [-0.15, -0.1) is 24.8 Å². The van der Waals surface area contributed by atoms with Crippen molar-refractivity contribution in [1.29, 1.82) is 0 Å². The minimum atomic E-state index is -0.0590. The normalized spacial score (nSPS) is 13.5. The van der Waals surface area contributed by atoms with E-state index in [0.717, 1.165) is 25.2 Å². The Morgan fingerprint density at radius 3 is 2.28 bits per heavy atom. The van der Waals surface area contributed by atoms with E-state index in [0.29, 0.717) is 31.6 Å². The van der Waals surface area contributed by atoms with Crippen LogP contribution < -0.4 is 16.4 Å². The standard InChI is InChI=1S/C17H26N4O2.2ClH/c18-8-7-16(22)20-13-14-3-5-15(6-4-14)17(23)19-9-12-21-10-1-2-11-21;;/h3-6H,1-2,7-13,18H2,(H,19,23)(H,20,22);2*1H. The van der Waals surface area contributed by atoms with Gasteiger partial charge in [-0.05, 0) is 43.6 Å². The average Bonchev–Trinajstić information content (AvgIpc) is 3.07. The average molecular weight is 391 g/mol. The van der Waals surface area contributed by atoms with Gasteiger partial charge < -0.3 is 21.3 Å². The van der Waals surface area contributed by atoms with E-state index in [1.165, 1.54) is 12.8 Å². The summed E-state index contributed by atoms with van der Waals surface area (Å²) in [7, 11) is 0. The predicted molar refractivity (Wildman–Crippen MR) is 104 cm³/mol. The van der Waals surface area contributed by atoms with Crippen molar-refractivity contribution in [2.75, 3.05) is 32.7 Å². The van der Waals surface area contributed by atoms with Gasteiger partial charge in [0, 0.05) is 38.2 Å². The molecule has 8 heteroatoms. The summed E-state index contributed by atoms with van der Waals surface area (Å²) < 4.78 is 0. The highest BCUT2D eigenvalue weighted by Crippen LogP contribution is 2.06. The summed E-state index contributed by atoms with van der Waals surface area (Å²) in [6, 6.07) is 7.29. The van der Waals surface area contributed by atoms with Crippen LogP contribution >= 0.6 is 24.8 Å². The van der Waals surface area contributed by atoms with Crippen molar-refractivity contribution in [2.24, 2.45) is 5.73 Å².